The number of hydrogen-bond acceptors (Lipinski definition) is 1. The maximum absolute atomic E-state index is 2.35. The van der Waals surface area contributed by atoms with Crippen LogP contribution in [0.25, 0.3) is 25.1 Å². The average Bonchev–Trinajstić information content (AvgIpc) is 3.08. The van der Waals surface area contributed by atoms with Gasteiger partial charge in [-0.2, -0.15) is 0 Å². The lowest BCUT2D eigenvalue weighted by Gasteiger charge is -2.02. The molecule has 0 aliphatic heterocycles. The number of thioether (sulfide) groups is 1. The lowest BCUT2D eigenvalue weighted by atomic mass is 10.2. The molecule has 0 atom stereocenters. The molecular weight excluding hydrogens is 491 g/mol. The first kappa shape index (κ1) is 18.2. The Kier molecular flexibility index (Phi) is 5.14. The summed E-state index contributed by atoms with van der Waals surface area (Å²) in [4.78, 5) is 2.72. The van der Waals surface area contributed by atoms with Crippen molar-refractivity contribution in [2.24, 2.45) is 0 Å². The van der Waals surface area contributed by atoms with Gasteiger partial charge in [-0.05, 0) is 88.8 Å². The Morgan fingerprint density at radius 2 is 1.21 bits per heavy atom. The molecule has 0 N–H and O–H groups in total. The second-order valence-electron chi connectivity index (χ2n) is 6.69. The van der Waals surface area contributed by atoms with Crippen LogP contribution in [0.15, 0.2) is 102 Å². The zero-order chi connectivity index (χ0) is 18.9. The van der Waals surface area contributed by atoms with Gasteiger partial charge in [0.2, 0.25) is 0 Å². The highest BCUT2D eigenvalue weighted by Crippen LogP contribution is 2.48. The van der Waals surface area contributed by atoms with Crippen molar-refractivity contribution in [2.45, 2.75) is 10.6 Å². The third kappa shape index (κ3) is 3.47. The second-order valence-corrected chi connectivity index (χ2v) is 10.9. The van der Waals surface area contributed by atoms with Gasteiger partial charge in [-0.1, -0.05) is 36.4 Å². The molecule has 0 aliphatic carbocycles. The standard InChI is InChI=1S/C25H18IS2/c26-19-11-9-18(10-12-19)17-27-20-13-15-21(16-14-20)28-24-7-3-1-5-22(24)23-6-2-4-8-25(23)28/h1-16H,17H2/q+1. The summed E-state index contributed by atoms with van der Waals surface area (Å²) in [7, 11) is -0.00148. The van der Waals surface area contributed by atoms with Gasteiger partial charge in [0.25, 0.3) is 0 Å². The van der Waals surface area contributed by atoms with Crippen LogP contribution in [0.5, 0.6) is 0 Å². The summed E-state index contributed by atoms with van der Waals surface area (Å²) in [6.45, 7) is 0. The van der Waals surface area contributed by atoms with Crippen LogP contribution in [-0.2, 0) is 5.75 Å². The number of fused-ring (bicyclic) bond motifs is 3. The van der Waals surface area contributed by atoms with E-state index in [1.54, 1.807) is 0 Å². The highest BCUT2D eigenvalue weighted by molar-refractivity contribution is 14.1. The number of halogens is 1. The van der Waals surface area contributed by atoms with E-state index < -0.39 is 0 Å². The Balaban J connectivity index is 1.48. The van der Waals surface area contributed by atoms with Crippen molar-refractivity contribution in [3.8, 4) is 4.90 Å². The molecule has 1 heterocycles. The summed E-state index contributed by atoms with van der Waals surface area (Å²) in [6, 6.07) is 35.7. The third-order valence-corrected chi connectivity index (χ3v) is 9.02. The molecule has 1 aromatic heterocycles. The van der Waals surface area contributed by atoms with Crippen molar-refractivity contribution in [2.75, 3.05) is 0 Å². The van der Waals surface area contributed by atoms with Gasteiger partial charge in [0.1, 0.15) is 0 Å². The molecule has 5 aromatic rings. The highest BCUT2D eigenvalue weighted by Gasteiger charge is 2.22. The van der Waals surface area contributed by atoms with Gasteiger partial charge >= 0.3 is 0 Å². The van der Waals surface area contributed by atoms with E-state index in [1.165, 1.54) is 39.1 Å². The maximum atomic E-state index is 2.35. The number of hydrogen-bond donors (Lipinski definition) is 0. The van der Waals surface area contributed by atoms with Crippen LogP contribution in [-0.4, -0.2) is 0 Å². The van der Waals surface area contributed by atoms with Crippen molar-refractivity contribution >= 4 is 65.0 Å². The molecule has 136 valence electrons. The monoisotopic (exact) mass is 509 g/mol. The fourth-order valence-corrected chi connectivity index (χ4v) is 7.12. The molecule has 0 saturated carbocycles. The Bertz CT molecular complexity index is 1200. The summed E-state index contributed by atoms with van der Waals surface area (Å²) in [5.74, 6) is 1.01. The van der Waals surface area contributed by atoms with E-state index in [4.69, 9.17) is 0 Å². The van der Waals surface area contributed by atoms with E-state index in [-0.39, 0.29) is 10.5 Å². The Morgan fingerprint density at radius 3 is 1.82 bits per heavy atom. The average molecular weight is 509 g/mol. The first-order valence-corrected chi connectivity index (χ1v) is 12.5. The molecule has 0 bridgehead atoms. The van der Waals surface area contributed by atoms with Gasteiger partial charge in [-0.3, -0.25) is 0 Å². The van der Waals surface area contributed by atoms with Crippen molar-refractivity contribution in [1.82, 2.24) is 0 Å². The van der Waals surface area contributed by atoms with Gasteiger partial charge in [-0.15, -0.1) is 11.8 Å². The van der Waals surface area contributed by atoms with E-state index in [2.05, 4.69) is 120 Å². The van der Waals surface area contributed by atoms with Gasteiger partial charge in [0, 0.05) is 35.5 Å². The van der Waals surface area contributed by atoms with Crippen molar-refractivity contribution in [3.05, 3.63) is 106 Å². The van der Waals surface area contributed by atoms with Crippen LogP contribution in [0.2, 0.25) is 0 Å². The second kappa shape index (κ2) is 7.90. The first-order valence-electron chi connectivity index (χ1n) is 9.20. The summed E-state index contributed by atoms with van der Waals surface area (Å²) >= 11 is 4.26. The topological polar surface area (TPSA) is 0 Å². The van der Waals surface area contributed by atoms with E-state index in [9.17, 15) is 0 Å². The number of thiophene rings is 1. The molecule has 0 radical (unpaired) electrons. The minimum absolute atomic E-state index is 0.00148. The van der Waals surface area contributed by atoms with Crippen LogP contribution >= 0.6 is 44.8 Å². The molecule has 0 spiro atoms. The smallest absolute Gasteiger partial charge is 0.121 e. The lowest BCUT2D eigenvalue weighted by Crippen LogP contribution is -1.81. The van der Waals surface area contributed by atoms with E-state index in [0.29, 0.717) is 0 Å². The predicted octanol–water partition coefficient (Wildman–Crippen LogP) is 8.63. The molecule has 28 heavy (non-hydrogen) atoms. The van der Waals surface area contributed by atoms with Crippen LogP contribution in [0.1, 0.15) is 5.56 Å². The molecule has 0 nitrogen and oxygen atoms in total. The predicted molar refractivity (Wildman–Crippen MR) is 134 cm³/mol. The number of rotatable bonds is 4. The minimum Gasteiger partial charge on any atom is -0.121 e. The van der Waals surface area contributed by atoms with Crippen molar-refractivity contribution in [3.63, 3.8) is 0 Å². The summed E-state index contributed by atoms with van der Waals surface area (Å²) in [6.07, 6.45) is 0. The Morgan fingerprint density at radius 1 is 0.643 bits per heavy atom. The van der Waals surface area contributed by atoms with Crippen LogP contribution in [0, 0.1) is 3.57 Å². The van der Waals surface area contributed by atoms with Crippen molar-refractivity contribution < 1.29 is 0 Å². The fourth-order valence-electron chi connectivity index (χ4n) is 3.53. The number of benzene rings is 4. The van der Waals surface area contributed by atoms with Crippen LogP contribution in [0.4, 0.5) is 0 Å². The van der Waals surface area contributed by atoms with Gasteiger partial charge in [0.15, 0.2) is 14.3 Å². The molecule has 4 aromatic carbocycles. The van der Waals surface area contributed by atoms with Gasteiger partial charge in [-0.25, -0.2) is 0 Å². The Labute approximate surface area is 185 Å². The van der Waals surface area contributed by atoms with Gasteiger partial charge < -0.3 is 0 Å². The van der Waals surface area contributed by atoms with Gasteiger partial charge in [0.05, 0.1) is 0 Å². The first-order chi connectivity index (χ1) is 13.8. The zero-order valence-electron chi connectivity index (χ0n) is 15.1. The summed E-state index contributed by atoms with van der Waals surface area (Å²) < 4.78 is 4.18. The normalized spacial score (nSPS) is 11.3. The molecular formula is C25H18IS2+. The fraction of sp³-hybridized carbons (Fsp3) is 0.0400. The van der Waals surface area contributed by atoms with E-state index >= 15 is 0 Å². The van der Waals surface area contributed by atoms with E-state index in [1.807, 2.05) is 11.8 Å². The Hall–Kier alpha value is -1.82. The molecule has 0 saturated heterocycles. The van der Waals surface area contributed by atoms with Crippen LogP contribution in [0.3, 0.4) is 0 Å². The van der Waals surface area contributed by atoms with E-state index in [0.717, 1.165) is 5.75 Å². The van der Waals surface area contributed by atoms with Crippen molar-refractivity contribution in [1.29, 1.82) is 0 Å². The molecule has 0 unspecified atom stereocenters. The minimum atomic E-state index is -0.00148. The zero-order valence-corrected chi connectivity index (χ0v) is 18.9. The summed E-state index contributed by atoms with van der Waals surface area (Å²) in [5, 5.41) is 2.78. The molecule has 3 heteroatoms. The molecule has 0 amide bonds. The molecule has 0 fully saturated rings. The maximum Gasteiger partial charge on any atom is 0.187 e. The third-order valence-electron chi connectivity index (χ3n) is 4.88. The quantitative estimate of drug-likeness (QED) is 0.133. The highest BCUT2D eigenvalue weighted by atomic mass is 127. The molecule has 5 rings (SSSR count). The van der Waals surface area contributed by atoms with Crippen LogP contribution < -0.4 is 0 Å². The summed E-state index contributed by atoms with van der Waals surface area (Å²) in [5.41, 5.74) is 1.37. The lowest BCUT2D eigenvalue weighted by molar-refractivity contribution is 1.38. The molecule has 0 aliphatic rings. The largest absolute Gasteiger partial charge is 0.187 e. The SMILES string of the molecule is Ic1ccc(CSc2ccc(-[s+]3c4ccccc4c4ccccc43)cc2)cc1.